The van der Waals surface area contributed by atoms with Crippen molar-refractivity contribution in [3.63, 3.8) is 0 Å². The van der Waals surface area contributed by atoms with Gasteiger partial charge in [0.1, 0.15) is 0 Å². The van der Waals surface area contributed by atoms with E-state index in [0.29, 0.717) is 25.7 Å². The Bertz CT molecular complexity index is 1240. The zero-order valence-electron chi connectivity index (χ0n) is 47.3. The maximum atomic E-state index is 10.1. The van der Waals surface area contributed by atoms with Crippen LogP contribution in [0.2, 0.25) is 0 Å². The van der Waals surface area contributed by atoms with E-state index in [2.05, 4.69) is 44.4 Å². The molecule has 0 aromatic rings. The van der Waals surface area contributed by atoms with E-state index in [0.717, 1.165) is 51.4 Å². The van der Waals surface area contributed by atoms with Gasteiger partial charge in [-0.3, -0.25) is 16.7 Å². The molecule has 0 unspecified atom stereocenters. The van der Waals surface area contributed by atoms with Crippen LogP contribution in [-0.4, -0.2) is 78.3 Å². The van der Waals surface area contributed by atoms with Crippen LogP contribution in [0.5, 0.6) is 0 Å². The van der Waals surface area contributed by atoms with Gasteiger partial charge in [-0.1, -0.05) is 259 Å². The molecule has 0 aromatic heterocycles. The van der Waals surface area contributed by atoms with Crippen molar-refractivity contribution >= 4 is 41.6 Å². The molecule has 0 aromatic carbocycles. The SMILES string of the molecule is CCCCCCCCCCCCOS(=O)(=O)[O-].CCCCCCCCCCCCOS(=O)(=O)[O-].CCCCCCCCCCCCOS(=O)(=O)[O-].CCCCCCCCCCCCOS(=O)(=O)[O-].[Na+].[Na+].[Na+].[Na+]. The number of rotatable bonds is 48. The minimum Gasteiger partial charge on any atom is -0.726 e. The van der Waals surface area contributed by atoms with Crippen LogP contribution in [0.3, 0.4) is 0 Å². The summed E-state index contributed by atoms with van der Waals surface area (Å²) in [7, 11) is -17.9. The Hall–Kier alpha value is 3.48. The Balaban J connectivity index is -0.000000124. The van der Waals surface area contributed by atoms with Crippen molar-refractivity contribution in [3.05, 3.63) is 0 Å². The van der Waals surface area contributed by atoms with Gasteiger partial charge in [-0.2, -0.15) is 0 Å². The Morgan fingerprint density at radius 1 is 0.208 bits per heavy atom. The average Bonchev–Trinajstić information content (AvgIpc) is 3.25. The van der Waals surface area contributed by atoms with Gasteiger partial charge in [0.05, 0.1) is 26.4 Å². The molecular weight excluding hydrogens is 1050 g/mol. The summed E-state index contributed by atoms with van der Waals surface area (Å²) in [6.07, 6.45) is 46.8. The molecule has 0 saturated heterocycles. The van der Waals surface area contributed by atoms with Gasteiger partial charge in [-0.15, -0.1) is 0 Å². The van der Waals surface area contributed by atoms with Gasteiger partial charge in [0, 0.05) is 0 Å². The van der Waals surface area contributed by atoms with E-state index < -0.39 is 41.6 Å². The third-order valence-electron chi connectivity index (χ3n) is 10.9. The zero-order valence-corrected chi connectivity index (χ0v) is 58.5. The van der Waals surface area contributed by atoms with Crippen molar-refractivity contribution in [1.29, 1.82) is 0 Å². The molecule has 0 aliphatic rings. The Morgan fingerprint density at radius 2 is 0.306 bits per heavy atom. The molecular formula is C48H100Na4O16S4. The van der Waals surface area contributed by atoms with Gasteiger partial charge in [-0.05, 0) is 25.7 Å². The first-order valence-electron chi connectivity index (χ1n) is 26.6. The summed E-state index contributed by atoms with van der Waals surface area (Å²) < 4.78 is 138. The van der Waals surface area contributed by atoms with Crippen LogP contribution in [0.25, 0.3) is 0 Å². The van der Waals surface area contributed by atoms with E-state index in [4.69, 9.17) is 0 Å². The molecule has 24 heteroatoms. The fraction of sp³-hybridized carbons (Fsp3) is 1.00. The van der Waals surface area contributed by atoms with Crippen molar-refractivity contribution in [2.75, 3.05) is 26.4 Å². The summed E-state index contributed by atoms with van der Waals surface area (Å²) in [4.78, 5) is 0. The van der Waals surface area contributed by atoms with Crippen molar-refractivity contribution in [1.82, 2.24) is 0 Å². The van der Waals surface area contributed by atoms with Crippen LogP contribution < -0.4 is 118 Å². The molecule has 0 rings (SSSR count). The maximum Gasteiger partial charge on any atom is 1.00 e. The summed E-state index contributed by atoms with van der Waals surface area (Å²) in [5.74, 6) is 0. The summed E-state index contributed by atoms with van der Waals surface area (Å²) in [5.41, 5.74) is 0. The van der Waals surface area contributed by atoms with E-state index in [-0.39, 0.29) is 145 Å². The first kappa shape index (κ1) is 92.0. The van der Waals surface area contributed by atoms with Gasteiger partial charge in [0.25, 0.3) is 0 Å². The largest absolute Gasteiger partial charge is 1.00 e. The molecule has 0 heterocycles. The normalized spacial score (nSPS) is 11.2. The number of hydrogen-bond acceptors (Lipinski definition) is 16. The molecule has 16 nitrogen and oxygen atoms in total. The summed E-state index contributed by atoms with van der Waals surface area (Å²) in [6, 6.07) is 0. The Morgan fingerprint density at radius 3 is 0.403 bits per heavy atom. The van der Waals surface area contributed by atoms with Crippen molar-refractivity contribution in [3.8, 4) is 0 Å². The third kappa shape index (κ3) is 109. The molecule has 0 atom stereocenters. The smallest absolute Gasteiger partial charge is 0.726 e. The van der Waals surface area contributed by atoms with Gasteiger partial charge in [-0.25, -0.2) is 33.7 Å². The van der Waals surface area contributed by atoms with Crippen LogP contribution in [0.15, 0.2) is 0 Å². The van der Waals surface area contributed by atoms with E-state index in [1.54, 1.807) is 0 Å². The fourth-order valence-corrected chi connectivity index (χ4v) is 8.29. The van der Waals surface area contributed by atoms with Gasteiger partial charge < -0.3 is 18.2 Å². The second-order valence-electron chi connectivity index (χ2n) is 17.6. The standard InChI is InChI=1S/4C12H26O4S.4Na/c4*1-2-3-4-5-6-7-8-9-10-11-12-16-17(13,14)15;;;;/h4*2-12H2,1H3,(H,13,14,15);;;;/q;;;;4*+1/p-4. The maximum absolute atomic E-state index is 10.1. The molecule has 0 fully saturated rings. The minimum atomic E-state index is -4.48. The summed E-state index contributed by atoms with van der Waals surface area (Å²) >= 11 is 0. The van der Waals surface area contributed by atoms with Crippen molar-refractivity contribution in [2.45, 2.75) is 285 Å². The molecule has 0 bridgehead atoms. The van der Waals surface area contributed by atoms with Crippen LogP contribution in [-0.2, 0) is 58.3 Å². The van der Waals surface area contributed by atoms with E-state index in [9.17, 15) is 51.9 Å². The predicted octanol–water partition coefficient (Wildman–Crippen LogP) is 1.55. The van der Waals surface area contributed by atoms with Crippen molar-refractivity contribution < 1.29 is 187 Å². The summed E-state index contributed by atoms with van der Waals surface area (Å²) in [5, 5.41) is 0. The first-order chi connectivity index (χ1) is 32.2. The van der Waals surface area contributed by atoms with Gasteiger partial charge in [0.15, 0.2) is 0 Å². The molecule has 0 aliphatic carbocycles. The van der Waals surface area contributed by atoms with E-state index >= 15 is 0 Å². The molecule has 0 N–H and O–H groups in total. The fourth-order valence-electron chi connectivity index (χ4n) is 7.00. The summed E-state index contributed by atoms with van der Waals surface area (Å²) in [6.45, 7) is 8.97. The van der Waals surface area contributed by atoms with E-state index in [1.165, 1.54) is 180 Å². The molecule has 0 spiro atoms. The topological polar surface area (TPSA) is 266 Å². The number of hydrogen-bond donors (Lipinski definition) is 0. The third-order valence-corrected chi connectivity index (χ3v) is 12.7. The van der Waals surface area contributed by atoms with E-state index in [1.807, 2.05) is 0 Å². The molecule has 0 radical (unpaired) electrons. The quantitative estimate of drug-likeness (QED) is 0.0362. The second-order valence-corrected chi connectivity index (χ2v) is 21.9. The van der Waals surface area contributed by atoms with Crippen LogP contribution >= 0.6 is 0 Å². The monoisotopic (exact) mass is 1150 g/mol. The Kier molecular flexibility index (Phi) is 90.1. The Labute approximate surface area is 532 Å². The average molecular weight is 1150 g/mol. The second kappa shape index (κ2) is 70.6. The number of unbranched alkanes of at least 4 members (excludes halogenated alkanes) is 36. The molecule has 0 saturated carbocycles. The van der Waals surface area contributed by atoms with Crippen molar-refractivity contribution in [2.24, 2.45) is 0 Å². The molecule has 72 heavy (non-hydrogen) atoms. The van der Waals surface area contributed by atoms with Gasteiger partial charge >= 0.3 is 118 Å². The predicted molar refractivity (Wildman–Crippen MR) is 270 cm³/mol. The first-order valence-corrected chi connectivity index (χ1v) is 32.0. The van der Waals surface area contributed by atoms with Crippen LogP contribution in [0, 0.1) is 0 Å². The molecule has 416 valence electrons. The zero-order chi connectivity index (χ0) is 51.9. The van der Waals surface area contributed by atoms with Crippen LogP contribution in [0.1, 0.15) is 285 Å². The molecule has 0 aliphatic heterocycles. The molecule has 0 amide bonds. The van der Waals surface area contributed by atoms with Crippen LogP contribution in [0.4, 0.5) is 0 Å². The van der Waals surface area contributed by atoms with Gasteiger partial charge in [0.2, 0.25) is 41.6 Å². The minimum absolute atomic E-state index is 0.